The number of hydrogen-bond acceptors (Lipinski definition) is 7. The van der Waals surface area contributed by atoms with Crippen LogP contribution < -0.4 is 10.2 Å². The Hall–Kier alpha value is -2.06. The van der Waals surface area contributed by atoms with Crippen LogP contribution in [0.15, 0.2) is 24.3 Å². The van der Waals surface area contributed by atoms with E-state index in [4.69, 9.17) is 4.98 Å². The van der Waals surface area contributed by atoms with Gasteiger partial charge in [0.15, 0.2) is 5.13 Å². The fourth-order valence-electron chi connectivity index (χ4n) is 2.98. The summed E-state index contributed by atoms with van der Waals surface area (Å²) >= 11 is 3.17. The number of thiazole rings is 1. The summed E-state index contributed by atoms with van der Waals surface area (Å²) in [6.07, 6.45) is 2.51. The molecule has 3 aromatic rings. The normalized spacial score (nSPS) is 15.6. The lowest BCUT2D eigenvalue weighted by molar-refractivity contribution is -0.120. The second kappa shape index (κ2) is 7.05. The molecule has 25 heavy (non-hydrogen) atoms. The van der Waals surface area contributed by atoms with Gasteiger partial charge in [-0.05, 0) is 31.4 Å². The van der Waals surface area contributed by atoms with E-state index in [0.29, 0.717) is 5.13 Å². The van der Waals surface area contributed by atoms with E-state index in [1.54, 1.807) is 11.3 Å². The van der Waals surface area contributed by atoms with Crippen LogP contribution >= 0.6 is 22.7 Å². The molecule has 0 radical (unpaired) electrons. The number of rotatable bonds is 4. The Morgan fingerprint density at radius 3 is 2.76 bits per heavy atom. The topological polar surface area (TPSA) is 71.0 Å². The van der Waals surface area contributed by atoms with E-state index in [0.717, 1.165) is 48.0 Å². The number of aromatic nitrogens is 3. The molecule has 0 bridgehead atoms. The highest BCUT2D eigenvalue weighted by Crippen LogP contribution is 2.31. The zero-order chi connectivity index (χ0) is 17.2. The molecule has 1 saturated heterocycles. The Balaban J connectivity index is 1.36. The molecule has 130 valence electrons. The number of piperidine rings is 1. The minimum absolute atomic E-state index is 0.0274. The standard InChI is InChI=1S/C17H19N5OS2/c1-2-14-20-21-16(25-14)19-15(23)11-7-9-22(10-8-11)17-18-12-5-3-4-6-13(12)24-17/h3-6,11H,2,7-10H2,1H3,(H,19,21,23). The average Bonchev–Trinajstić information content (AvgIpc) is 3.28. The van der Waals surface area contributed by atoms with E-state index < -0.39 is 0 Å². The second-order valence-corrected chi connectivity index (χ2v) is 8.14. The maximum atomic E-state index is 12.4. The molecular formula is C17H19N5OS2. The molecule has 0 saturated carbocycles. The van der Waals surface area contributed by atoms with E-state index in [2.05, 4.69) is 26.5 Å². The van der Waals surface area contributed by atoms with Crippen molar-refractivity contribution in [3.05, 3.63) is 29.3 Å². The van der Waals surface area contributed by atoms with Crippen molar-refractivity contribution in [1.29, 1.82) is 0 Å². The summed E-state index contributed by atoms with van der Waals surface area (Å²) in [4.78, 5) is 19.4. The SMILES string of the molecule is CCc1nnc(NC(=O)C2CCN(c3nc4ccccc4s3)CC2)s1. The summed E-state index contributed by atoms with van der Waals surface area (Å²) < 4.78 is 1.21. The predicted molar refractivity (Wildman–Crippen MR) is 102 cm³/mol. The van der Waals surface area contributed by atoms with Gasteiger partial charge in [0.2, 0.25) is 11.0 Å². The van der Waals surface area contributed by atoms with Gasteiger partial charge in [-0.1, -0.05) is 41.7 Å². The van der Waals surface area contributed by atoms with Gasteiger partial charge < -0.3 is 10.2 Å². The monoisotopic (exact) mass is 373 g/mol. The molecule has 0 atom stereocenters. The predicted octanol–water partition coefficient (Wildman–Crippen LogP) is 3.57. The lowest BCUT2D eigenvalue weighted by Gasteiger charge is -2.30. The van der Waals surface area contributed by atoms with Gasteiger partial charge in [-0.2, -0.15) is 0 Å². The van der Waals surface area contributed by atoms with Crippen LogP contribution in [0.4, 0.5) is 10.3 Å². The quantitative estimate of drug-likeness (QED) is 0.757. The van der Waals surface area contributed by atoms with Gasteiger partial charge in [0, 0.05) is 19.0 Å². The summed E-state index contributed by atoms with van der Waals surface area (Å²) in [6.45, 7) is 3.74. The van der Waals surface area contributed by atoms with Crippen molar-refractivity contribution in [1.82, 2.24) is 15.2 Å². The molecule has 3 heterocycles. The summed E-state index contributed by atoms with van der Waals surface area (Å²) in [5.41, 5.74) is 1.05. The van der Waals surface area contributed by atoms with Crippen LogP contribution in [0.5, 0.6) is 0 Å². The number of nitrogens with one attached hydrogen (secondary N) is 1. The van der Waals surface area contributed by atoms with Crippen LogP contribution in [0.3, 0.4) is 0 Å². The van der Waals surface area contributed by atoms with Crippen molar-refractivity contribution in [2.24, 2.45) is 5.92 Å². The second-order valence-electron chi connectivity index (χ2n) is 6.07. The van der Waals surface area contributed by atoms with Gasteiger partial charge in [0.05, 0.1) is 10.2 Å². The number of benzene rings is 1. The largest absolute Gasteiger partial charge is 0.348 e. The summed E-state index contributed by atoms with van der Waals surface area (Å²) in [5, 5.41) is 13.6. The maximum Gasteiger partial charge on any atom is 0.229 e. The van der Waals surface area contributed by atoms with Gasteiger partial charge in [0.25, 0.3) is 0 Å². The Bertz CT molecular complexity index is 849. The zero-order valence-electron chi connectivity index (χ0n) is 13.9. The Morgan fingerprint density at radius 2 is 2.04 bits per heavy atom. The lowest BCUT2D eigenvalue weighted by atomic mass is 9.96. The van der Waals surface area contributed by atoms with Crippen LogP contribution in [-0.4, -0.2) is 34.2 Å². The summed E-state index contributed by atoms with van der Waals surface area (Å²) in [7, 11) is 0. The molecule has 8 heteroatoms. The minimum atomic E-state index is 0.0274. The van der Waals surface area contributed by atoms with Gasteiger partial charge in [-0.15, -0.1) is 10.2 Å². The smallest absolute Gasteiger partial charge is 0.229 e. The Morgan fingerprint density at radius 1 is 1.24 bits per heavy atom. The lowest BCUT2D eigenvalue weighted by Crippen LogP contribution is -2.38. The van der Waals surface area contributed by atoms with Crippen LogP contribution in [0.25, 0.3) is 10.2 Å². The fourth-order valence-corrected chi connectivity index (χ4v) is 4.68. The molecule has 1 fully saturated rings. The van der Waals surface area contributed by atoms with E-state index in [-0.39, 0.29) is 11.8 Å². The van der Waals surface area contributed by atoms with Crippen molar-refractivity contribution in [3.8, 4) is 0 Å². The molecule has 2 aromatic heterocycles. The highest BCUT2D eigenvalue weighted by atomic mass is 32.1. The highest BCUT2D eigenvalue weighted by molar-refractivity contribution is 7.22. The van der Waals surface area contributed by atoms with Gasteiger partial charge in [-0.3, -0.25) is 4.79 Å². The first kappa shape index (κ1) is 16.4. The molecular weight excluding hydrogens is 354 g/mol. The Kier molecular flexibility index (Phi) is 4.63. The zero-order valence-corrected chi connectivity index (χ0v) is 15.6. The molecule has 1 N–H and O–H groups in total. The molecule has 1 aromatic carbocycles. The molecule has 1 aliphatic heterocycles. The fraction of sp³-hybridized carbons (Fsp3) is 0.412. The van der Waals surface area contributed by atoms with E-state index in [9.17, 15) is 4.79 Å². The molecule has 6 nitrogen and oxygen atoms in total. The molecule has 4 rings (SSSR count). The van der Waals surface area contributed by atoms with Crippen molar-refractivity contribution in [3.63, 3.8) is 0 Å². The van der Waals surface area contributed by atoms with E-state index in [1.165, 1.54) is 16.0 Å². The third kappa shape index (κ3) is 3.50. The maximum absolute atomic E-state index is 12.4. The van der Waals surface area contributed by atoms with Gasteiger partial charge >= 0.3 is 0 Å². The van der Waals surface area contributed by atoms with Crippen molar-refractivity contribution in [2.75, 3.05) is 23.3 Å². The average molecular weight is 374 g/mol. The van der Waals surface area contributed by atoms with Crippen molar-refractivity contribution in [2.45, 2.75) is 26.2 Å². The van der Waals surface area contributed by atoms with Crippen LogP contribution in [0, 0.1) is 5.92 Å². The minimum Gasteiger partial charge on any atom is -0.348 e. The Labute approximate surface area is 153 Å². The number of aryl methyl sites for hydroxylation is 1. The number of nitrogens with zero attached hydrogens (tertiary/aromatic N) is 4. The van der Waals surface area contributed by atoms with Crippen LogP contribution in [0.2, 0.25) is 0 Å². The highest BCUT2D eigenvalue weighted by Gasteiger charge is 2.27. The molecule has 0 aliphatic carbocycles. The third-order valence-electron chi connectivity index (χ3n) is 4.42. The van der Waals surface area contributed by atoms with Crippen LogP contribution in [0.1, 0.15) is 24.8 Å². The molecule has 1 amide bonds. The van der Waals surface area contributed by atoms with Gasteiger partial charge in [-0.25, -0.2) is 4.98 Å². The van der Waals surface area contributed by atoms with Gasteiger partial charge in [0.1, 0.15) is 5.01 Å². The molecule has 0 spiro atoms. The number of carbonyl (C=O) groups is 1. The summed E-state index contributed by atoms with van der Waals surface area (Å²) in [6, 6.07) is 8.20. The first-order chi connectivity index (χ1) is 12.2. The number of anilines is 2. The number of hydrogen-bond donors (Lipinski definition) is 1. The first-order valence-electron chi connectivity index (χ1n) is 8.46. The van der Waals surface area contributed by atoms with E-state index in [1.807, 2.05) is 25.1 Å². The van der Waals surface area contributed by atoms with Crippen LogP contribution in [-0.2, 0) is 11.2 Å². The number of para-hydroxylation sites is 1. The molecule has 1 aliphatic rings. The third-order valence-corrected chi connectivity index (χ3v) is 6.50. The number of carbonyl (C=O) groups excluding carboxylic acids is 1. The first-order valence-corrected chi connectivity index (χ1v) is 10.1. The van der Waals surface area contributed by atoms with Crippen molar-refractivity contribution >= 4 is 49.1 Å². The summed E-state index contributed by atoms with van der Waals surface area (Å²) in [5.74, 6) is 0.0855. The van der Waals surface area contributed by atoms with Crippen molar-refractivity contribution < 1.29 is 4.79 Å². The number of amides is 1. The number of fused-ring (bicyclic) bond motifs is 1. The van der Waals surface area contributed by atoms with E-state index >= 15 is 0 Å². The molecule has 0 unspecified atom stereocenters.